The number of rotatable bonds is 4. The molecule has 138 valence electrons. The fraction of sp³-hybridized carbons (Fsp3) is 0.500. The van der Waals surface area contributed by atoms with Crippen molar-refractivity contribution in [2.75, 3.05) is 37.6 Å². The lowest BCUT2D eigenvalue weighted by molar-refractivity contribution is 0.190. The zero-order valence-corrected chi connectivity index (χ0v) is 16.7. The van der Waals surface area contributed by atoms with Crippen LogP contribution in [0.4, 0.5) is 5.69 Å². The van der Waals surface area contributed by atoms with E-state index in [4.69, 9.17) is 0 Å². The minimum Gasteiger partial charge on any atom is -0.369 e. The summed E-state index contributed by atoms with van der Waals surface area (Å²) in [6, 6.07) is 22.0. The Hall–Kier alpha value is -1.80. The predicted octanol–water partition coefficient (Wildman–Crippen LogP) is 4.81. The van der Waals surface area contributed by atoms with E-state index in [1.165, 1.54) is 17.8 Å². The van der Waals surface area contributed by atoms with Gasteiger partial charge in [0.25, 0.3) is 0 Å². The van der Waals surface area contributed by atoms with E-state index in [0.29, 0.717) is 10.8 Å². The highest BCUT2D eigenvalue weighted by molar-refractivity contribution is 5.47. The van der Waals surface area contributed by atoms with Crippen molar-refractivity contribution in [3.8, 4) is 0 Å². The maximum atomic E-state index is 2.69. The molecule has 0 N–H and O–H groups in total. The summed E-state index contributed by atoms with van der Waals surface area (Å²) in [5.41, 5.74) is 3.74. The highest BCUT2D eigenvalue weighted by Gasteiger charge is 2.77. The molecule has 1 saturated carbocycles. The summed E-state index contributed by atoms with van der Waals surface area (Å²) >= 11 is 0. The predicted molar refractivity (Wildman–Crippen MR) is 111 cm³/mol. The molecule has 2 aliphatic rings. The first-order valence-corrected chi connectivity index (χ1v) is 9.98. The Morgan fingerprint density at radius 3 is 1.85 bits per heavy atom. The standard InChI is InChI=1S/C24H32N2/c1-22(2)23(3,24(22,4)20-11-7-5-8-12-20)19-25-15-17-26(18-16-25)21-13-9-6-10-14-21/h5-14H,15-19H2,1-4H3/t23-,24-/m0/s1. The lowest BCUT2D eigenvalue weighted by Gasteiger charge is -2.38. The topological polar surface area (TPSA) is 6.48 Å². The largest absolute Gasteiger partial charge is 0.369 e. The normalized spacial score (nSPS) is 31.0. The second kappa shape index (κ2) is 6.13. The van der Waals surface area contributed by atoms with Crippen molar-refractivity contribution in [1.29, 1.82) is 0 Å². The van der Waals surface area contributed by atoms with Crippen molar-refractivity contribution in [2.45, 2.75) is 33.1 Å². The van der Waals surface area contributed by atoms with Crippen molar-refractivity contribution in [3.05, 3.63) is 66.2 Å². The molecule has 1 heterocycles. The zero-order valence-electron chi connectivity index (χ0n) is 16.7. The van der Waals surface area contributed by atoms with Crippen LogP contribution in [-0.2, 0) is 5.41 Å². The molecule has 2 aromatic rings. The number of nitrogens with zero attached hydrogens (tertiary/aromatic N) is 2. The third-order valence-electron chi connectivity index (χ3n) is 8.06. The summed E-state index contributed by atoms with van der Waals surface area (Å²) in [4.78, 5) is 5.21. The molecule has 0 amide bonds. The Balaban J connectivity index is 1.45. The summed E-state index contributed by atoms with van der Waals surface area (Å²) in [5, 5.41) is 0. The molecule has 1 saturated heterocycles. The van der Waals surface area contributed by atoms with Gasteiger partial charge in [0, 0.05) is 43.8 Å². The van der Waals surface area contributed by atoms with E-state index in [9.17, 15) is 0 Å². The molecular formula is C24H32N2. The molecule has 0 radical (unpaired) electrons. The Labute approximate surface area is 158 Å². The molecule has 4 rings (SSSR count). The average molecular weight is 349 g/mol. The molecule has 0 spiro atoms. The highest BCUT2D eigenvalue weighted by Crippen LogP contribution is 2.78. The van der Waals surface area contributed by atoms with E-state index in [-0.39, 0.29) is 5.41 Å². The zero-order chi connectivity index (χ0) is 18.4. The second-order valence-corrected chi connectivity index (χ2v) is 9.05. The molecule has 0 bridgehead atoms. The van der Waals surface area contributed by atoms with Crippen molar-refractivity contribution in [3.63, 3.8) is 0 Å². The number of hydrogen-bond acceptors (Lipinski definition) is 2. The van der Waals surface area contributed by atoms with E-state index in [1.807, 2.05) is 0 Å². The van der Waals surface area contributed by atoms with E-state index in [1.54, 1.807) is 0 Å². The third kappa shape index (κ3) is 2.42. The summed E-state index contributed by atoms with van der Waals surface area (Å²) in [6.45, 7) is 15.7. The molecule has 2 aromatic carbocycles. The van der Waals surface area contributed by atoms with Gasteiger partial charge >= 0.3 is 0 Å². The minimum atomic E-state index is 0.248. The van der Waals surface area contributed by atoms with Crippen molar-refractivity contribution >= 4 is 5.69 Å². The molecule has 2 atom stereocenters. The van der Waals surface area contributed by atoms with Crippen LogP contribution in [0.2, 0.25) is 0 Å². The van der Waals surface area contributed by atoms with Gasteiger partial charge in [0.2, 0.25) is 0 Å². The van der Waals surface area contributed by atoms with Gasteiger partial charge in [-0.15, -0.1) is 0 Å². The van der Waals surface area contributed by atoms with Crippen molar-refractivity contribution in [2.24, 2.45) is 10.8 Å². The quantitative estimate of drug-likeness (QED) is 0.782. The summed E-state index contributed by atoms with van der Waals surface area (Å²) in [5.74, 6) is 0. The molecule has 2 nitrogen and oxygen atoms in total. The first kappa shape index (κ1) is 17.6. The van der Waals surface area contributed by atoms with Crippen LogP contribution in [0.3, 0.4) is 0 Å². The van der Waals surface area contributed by atoms with E-state index in [0.717, 1.165) is 26.2 Å². The first-order valence-electron chi connectivity index (χ1n) is 9.98. The Bertz CT molecular complexity index is 746. The lowest BCUT2D eigenvalue weighted by Crippen LogP contribution is -2.48. The van der Waals surface area contributed by atoms with Crippen molar-refractivity contribution < 1.29 is 0 Å². The maximum absolute atomic E-state index is 2.69. The van der Waals surface area contributed by atoms with Gasteiger partial charge in [-0.25, -0.2) is 0 Å². The van der Waals surface area contributed by atoms with Gasteiger partial charge < -0.3 is 4.90 Å². The Morgan fingerprint density at radius 1 is 0.731 bits per heavy atom. The van der Waals surface area contributed by atoms with Gasteiger partial charge in [-0.05, 0) is 28.5 Å². The van der Waals surface area contributed by atoms with Gasteiger partial charge in [0.1, 0.15) is 0 Å². The molecule has 2 heteroatoms. The molecule has 26 heavy (non-hydrogen) atoms. The molecule has 0 aromatic heterocycles. The van der Waals surface area contributed by atoms with Crippen LogP contribution in [0.15, 0.2) is 60.7 Å². The Morgan fingerprint density at radius 2 is 1.27 bits per heavy atom. The van der Waals surface area contributed by atoms with Gasteiger partial charge in [0.05, 0.1) is 0 Å². The van der Waals surface area contributed by atoms with Crippen LogP contribution in [-0.4, -0.2) is 37.6 Å². The lowest BCUT2D eigenvalue weighted by atomic mass is 9.87. The summed E-state index contributed by atoms with van der Waals surface area (Å²) in [7, 11) is 0. The van der Waals surface area contributed by atoms with E-state index >= 15 is 0 Å². The SMILES string of the molecule is CC1(C)[C@](C)(CN2CCN(c3ccccc3)CC2)[C@@]1(C)c1ccccc1. The summed E-state index contributed by atoms with van der Waals surface area (Å²) < 4.78 is 0. The van der Waals surface area contributed by atoms with Crippen LogP contribution < -0.4 is 4.90 Å². The van der Waals surface area contributed by atoms with Crippen LogP contribution in [0.25, 0.3) is 0 Å². The number of hydrogen-bond donors (Lipinski definition) is 0. The number of para-hydroxylation sites is 1. The van der Waals surface area contributed by atoms with E-state index < -0.39 is 0 Å². The average Bonchev–Trinajstić information content (AvgIpc) is 3.03. The first-order chi connectivity index (χ1) is 12.4. The number of anilines is 1. The van der Waals surface area contributed by atoms with Gasteiger partial charge in [-0.2, -0.15) is 0 Å². The molecule has 0 unspecified atom stereocenters. The fourth-order valence-corrected chi connectivity index (χ4v) is 5.50. The van der Waals surface area contributed by atoms with Gasteiger partial charge in [0.15, 0.2) is 0 Å². The van der Waals surface area contributed by atoms with Crippen LogP contribution in [0.5, 0.6) is 0 Å². The smallest absolute Gasteiger partial charge is 0.0367 e. The molecule has 2 fully saturated rings. The van der Waals surface area contributed by atoms with Crippen molar-refractivity contribution in [1.82, 2.24) is 4.90 Å². The van der Waals surface area contributed by atoms with Crippen LogP contribution in [0.1, 0.15) is 33.3 Å². The number of benzene rings is 2. The Kier molecular flexibility index (Phi) is 4.15. The van der Waals surface area contributed by atoms with Gasteiger partial charge in [-0.1, -0.05) is 76.2 Å². The van der Waals surface area contributed by atoms with Gasteiger partial charge in [-0.3, -0.25) is 4.90 Å². The molecular weight excluding hydrogens is 316 g/mol. The highest BCUT2D eigenvalue weighted by atomic mass is 15.3. The summed E-state index contributed by atoms with van der Waals surface area (Å²) in [6.07, 6.45) is 0. The minimum absolute atomic E-state index is 0.248. The third-order valence-corrected chi connectivity index (χ3v) is 8.06. The van der Waals surface area contributed by atoms with Crippen LogP contribution in [0, 0.1) is 10.8 Å². The fourth-order valence-electron chi connectivity index (χ4n) is 5.50. The monoisotopic (exact) mass is 348 g/mol. The molecule has 1 aliphatic heterocycles. The van der Waals surface area contributed by atoms with Crippen LogP contribution >= 0.6 is 0 Å². The molecule has 1 aliphatic carbocycles. The second-order valence-electron chi connectivity index (χ2n) is 9.05. The van der Waals surface area contributed by atoms with E-state index in [2.05, 4.69) is 98.2 Å². The number of piperazine rings is 1. The maximum Gasteiger partial charge on any atom is 0.0367 e.